The average molecular weight is 321 g/mol. The Kier molecular flexibility index (Phi) is 5.80. The summed E-state index contributed by atoms with van der Waals surface area (Å²) in [5.74, 6) is -2.42. The monoisotopic (exact) mass is 321 g/mol. The molecule has 0 unspecified atom stereocenters. The van der Waals surface area contributed by atoms with E-state index in [2.05, 4.69) is 10.3 Å². The molecule has 0 aliphatic carbocycles. The van der Waals surface area contributed by atoms with E-state index in [-0.39, 0.29) is 0 Å². The first-order valence-corrected chi connectivity index (χ1v) is 7.83. The van der Waals surface area contributed by atoms with Gasteiger partial charge in [-0.2, -0.15) is 5.26 Å². The van der Waals surface area contributed by atoms with Gasteiger partial charge in [0, 0.05) is 23.4 Å². The highest BCUT2D eigenvalue weighted by molar-refractivity contribution is 6.12. The summed E-state index contributed by atoms with van der Waals surface area (Å²) in [6.45, 7) is 4.05. The molecule has 5 nitrogen and oxygen atoms in total. The van der Waals surface area contributed by atoms with Gasteiger partial charge in [0.25, 0.3) is 0 Å². The molecule has 2 rings (SSSR count). The van der Waals surface area contributed by atoms with Crippen molar-refractivity contribution in [3.05, 3.63) is 53.7 Å². The molecule has 0 saturated heterocycles. The van der Waals surface area contributed by atoms with Crippen molar-refractivity contribution in [1.82, 2.24) is 10.3 Å². The Morgan fingerprint density at radius 2 is 1.92 bits per heavy atom. The van der Waals surface area contributed by atoms with Crippen LogP contribution in [0.2, 0.25) is 0 Å². The lowest BCUT2D eigenvalue weighted by Gasteiger charge is -2.11. The van der Waals surface area contributed by atoms with Crippen LogP contribution in [0, 0.1) is 24.2 Å². The summed E-state index contributed by atoms with van der Waals surface area (Å²) >= 11 is 0. The first-order chi connectivity index (χ1) is 11.6. The van der Waals surface area contributed by atoms with Crippen molar-refractivity contribution in [2.45, 2.75) is 20.3 Å². The molecule has 0 aliphatic heterocycles. The highest BCUT2D eigenvalue weighted by Gasteiger charge is 2.28. The maximum atomic E-state index is 12.5. The third-order valence-corrected chi connectivity index (χ3v) is 3.62. The molecule has 1 atom stereocenters. The Balaban J connectivity index is 2.27. The first kappa shape index (κ1) is 17.4. The van der Waals surface area contributed by atoms with E-state index in [1.807, 2.05) is 37.3 Å². The number of amides is 1. The second kappa shape index (κ2) is 8.02. The van der Waals surface area contributed by atoms with E-state index in [4.69, 9.17) is 0 Å². The largest absolute Gasteiger partial charge is 0.355 e. The van der Waals surface area contributed by atoms with Crippen LogP contribution in [0.1, 0.15) is 29.4 Å². The smallest absolute Gasteiger partial charge is 0.245 e. The van der Waals surface area contributed by atoms with Gasteiger partial charge in [0.05, 0.1) is 11.8 Å². The molecular formula is C19H19N3O2. The zero-order valence-corrected chi connectivity index (χ0v) is 13.7. The molecular weight excluding hydrogens is 302 g/mol. The van der Waals surface area contributed by atoms with E-state index in [9.17, 15) is 14.9 Å². The van der Waals surface area contributed by atoms with E-state index >= 15 is 0 Å². The van der Waals surface area contributed by atoms with Gasteiger partial charge in [-0.3, -0.25) is 14.6 Å². The van der Waals surface area contributed by atoms with Crippen molar-refractivity contribution in [3.63, 3.8) is 0 Å². The number of nitrogens with zero attached hydrogens (tertiary/aromatic N) is 2. The molecule has 1 aromatic carbocycles. The number of carbonyl (C=O) groups excluding carboxylic acids is 2. The summed E-state index contributed by atoms with van der Waals surface area (Å²) in [5.41, 5.74) is 2.49. The van der Waals surface area contributed by atoms with Gasteiger partial charge in [-0.15, -0.1) is 0 Å². The number of aryl methyl sites for hydroxylation is 1. The molecule has 1 heterocycles. The van der Waals surface area contributed by atoms with E-state index in [0.717, 1.165) is 17.7 Å². The highest BCUT2D eigenvalue weighted by atomic mass is 16.2. The van der Waals surface area contributed by atoms with Crippen molar-refractivity contribution in [2.75, 3.05) is 6.54 Å². The van der Waals surface area contributed by atoms with Crippen molar-refractivity contribution in [1.29, 1.82) is 5.26 Å². The minimum Gasteiger partial charge on any atom is -0.355 e. The van der Waals surface area contributed by atoms with Gasteiger partial charge in [-0.25, -0.2) is 0 Å². The number of ketones is 1. The van der Waals surface area contributed by atoms with Gasteiger partial charge in [-0.1, -0.05) is 37.3 Å². The molecule has 24 heavy (non-hydrogen) atoms. The van der Waals surface area contributed by atoms with Crippen LogP contribution in [-0.2, 0) is 4.79 Å². The molecule has 0 saturated carbocycles. The summed E-state index contributed by atoms with van der Waals surface area (Å²) in [6, 6.07) is 14.8. The molecule has 122 valence electrons. The van der Waals surface area contributed by atoms with Crippen molar-refractivity contribution in [2.24, 2.45) is 5.92 Å². The summed E-state index contributed by atoms with van der Waals surface area (Å²) in [4.78, 5) is 28.9. The van der Waals surface area contributed by atoms with Gasteiger partial charge >= 0.3 is 0 Å². The number of pyridine rings is 1. The number of nitrogens with one attached hydrogen (secondary N) is 1. The molecule has 2 aromatic rings. The summed E-state index contributed by atoms with van der Waals surface area (Å²) in [5, 5.41) is 11.8. The predicted octanol–water partition coefficient (Wildman–Crippen LogP) is 2.91. The normalized spacial score (nSPS) is 11.4. The van der Waals surface area contributed by atoms with Gasteiger partial charge in [-0.05, 0) is 25.5 Å². The maximum absolute atomic E-state index is 12.5. The highest BCUT2D eigenvalue weighted by Crippen LogP contribution is 2.20. The number of hydrogen-bond acceptors (Lipinski definition) is 4. The third kappa shape index (κ3) is 3.85. The fraction of sp³-hybridized carbons (Fsp3) is 0.263. The van der Waals surface area contributed by atoms with Crippen LogP contribution in [-0.4, -0.2) is 23.2 Å². The SMILES string of the molecule is CCCNC(=O)[C@@H](C#N)C(=O)c1ccc(-c2ccccc2)nc1C. The minimum atomic E-state index is -1.35. The summed E-state index contributed by atoms with van der Waals surface area (Å²) < 4.78 is 0. The summed E-state index contributed by atoms with van der Waals surface area (Å²) in [6.07, 6.45) is 0.741. The Hall–Kier alpha value is -3.00. The number of hydrogen-bond donors (Lipinski definition) is 1. The minimum absolute atomic E-state index is 0.299. The zero-order valence-electron chi connectivity index (χ0n) is 13.7. The van der Waals surface area contributed by atoms with Crippen LogP contribution in [0.5, 0.6) is 0 Å². The Labute approximate surface area is 141 Å². The zero-order chi connectivity index (χ0) is 17.5. The Morgan fingerprint density at radius 3 is 2.50 bits per heavy atom. The number of aromatic nitrogens is 1. The number of nitriles is 1. The molecule has 5 heteroatoms. The van der Waals surface area contributed by atoms with Crippen molar-refractivity contribution >= 4 is 11.7 Å². The van der Waals surface area contributed by atoms with E-state index in [0.29, 0.717) is 17.8 Å². The quantitative estimate of drug-likeness (QED) is 0.655. The molecule has 1 N–H and O–H groups in total. The molecule has 0 radical (unpaired) electrons. The average Bonchev–Trinajstić information content (AvgIpc) is 2.61. The molecule has 1 amide bonds. The lowest BCUT2D eigenvalue weighted by molar-refractivity contribution is -0.122. The van der Waals surface area contributed by atoms with Crippen LogP contribution < -0.4 is 5.32 Å². The van der Waals surface area contributed by atoms with Gasteiger partial charge in [0.1, 0.15) is 0 Å². The molecule has 0 bridgehead atoms. The molecule has 0 spiro atoms. The topological polar surface area (TPSA) is 82.9 Å². The number of rotatable bonds is 6. The number of benzene rings is 1. The Morgan fingerprint density at radius 1 is 1.21 bits per heavy atom. The van der Waals surface area contributed by atoms with Crippen LogP contribution >= 0.6 is 0 Å². The second-order valence-electron chi connectivity index (χ2n) is 5.41. The summed E-state index contributed by atoms with van der Waals surface area (Å²) in [7, 11) is 0. The van der Waals surface area contributed by atoms with Crippen LogP contribution in [0.4, 0.5) is 0 Å². The van der Waals surface area contributed by atoms with Crippen molar-refractivity contribution < 1.29 is 9.59 Å². The van der Waals surface area contributed by atoms with E-state index in [1.165, 1.54) is 0 Å². The lowest BCUT2D eigenvalue weighted by Crippen LogP contribution is -2.35. The standard InChI is InChI=1S/C19H19N3O2/c1-3-11-21-19(24)16(12-20)18(23)15-9-10-17(22-13(15)2)14-7-5-4-6-8-14/h4-10,16H,3,11H2,1-2H3,(H,21,24)/t16-/m0/s1. The maximum Gasteiger partial charge on any atom is 0.245 e. The fourth-order valence-electron chi connectivity index (χ4n) is 2.33. The van der Waals surface area contributed by atoms with Crippen LogP contribution in [0.25, 0.3) is 11.3 Å². The van der Waals surface area contributed by atoms with E-state index < -0.39 is 17.6 Å². The lowest BCUT2D eigenvalue weighted by atomic mass is 9.96. The van der Waals surface area contributed by atoms with Gasteiger partial charge in [0.2, 0.25) is 5.91 Å². The number of Topliss-reactive ketones (excluding diaryl/α,β-unsaturated/α-hetero) is 1. The van der Waals surface area contributed by atoms with Crippen molar-refractivity contribution in [3.8, 4) is 17.3 Å². The fourth-order valence-corrected chi connectivity index (χ4v) is 2.33. The first-order valence-electron chi connectivity index (χ1n) is 7.83. The predicted molar refractivity (Wildman–Crippen MR) is 91.1 cm³/mol. The van der Waals surface area contributed by atoms with Gasteiger partial charge < -0.3 is 5.32 Å². The Bertz CT molecular complexity index is 779. The second-order valence-corrected chi connectivity index (χ2v) is 5.41. The third-order valence-electron chi connectivity index (χ3n) is 3.62. The molecule has 1 aromatic heterocycles. The van der Waals surface area contributed by atoms with Crippen LogP contribution in [0.3, 0.4) is 0 Å². The van der Waals surface area contributed by atoms with E-state index in [1.54, 1.807) is 25.1 Å². The molecule has 0 aliphatic rings. The van der Waals surface area contributed by atoms with Crippen LogP contribution in [0.15, 0.2) is 42.5 Å². The van der Waals surface area contributed by atoms with Gasteiger partial charge in [0.15, 0.2) is 11.7 Å². The molecule has 0 fully saturated rings. The number of carbonyl (C=O) groups is 2.